The Bertz CT molecular complexity index is 1620. The number of carbonyl (C=O) groups is 2. The van der Waals surface area contributed by atoms with E-state index in [4.69, 9.17) is 14.5 Å². The second-order valence-corrected chi connectivity index (χ2v) is 9.27. The summed E-state index contributed by atoms with van der Waals surface area (Å²) in [6.45, 7) is 2.69. The normalized spacial score (nSPS) is 16.1. The molecule has 0 bridgehead atoms. The lowest BCUT2D eigenvalue weighted by molar-refractivity contribution is 0.0521. The molecular formula is C26H23BrN4O5. The quantitative estimate of drug-likeness (QED) is 0.278. The Morgan fingerprint density at radius 2 is 2.08 bits per heavy atom. The number of carbonyl (C=O) groups excluding carboxylic acids is 2. The second kappa shape index (κ2) is 10.2. The zero-order valence-electron chi connectivity index (χ0n) is 19.5. The predicted molar refractivity (Wildman–Crippen MR) is 136 cm³/mol. The van der Waals surface area contributed by atoms with Crippen LogP contribution in [-0.2, 0) is 16.0 Å². The Hall–Kier alpha value is -3.63. The molecule has 4 heterocycles. The molecule has 1 saturated heterocycles. The van der Waals surface area contributed by atoms with E-state index < -0.39 is 11.9 Å². The number of aromatic nitrogens is 3. The minimum Gasteiger partial charge on any atom is -0.462 e. The van der Waals surface area contributed by atoms with Crippen molar-refractivity contribution >= 4 is 44.5 Å². The van der Waals surface area contributed by atoms with Crippen molar-refractivity contribution in [3.63, 3.8) is 0 Å². The maximum atomic E-state index is 13.4. The second-order valence-electron chi connectivity index (χ2n) is 8.36. The van der Waals surface area contributed by atoms with Gasteiger partial charge in [-0.25, -0.2) is 9.78 Å². The van der Waals surface area contributed by atoms with Crippen LogP contribution in [0, 0.1) is 0 Å². The fourth-order valence-corrected chi connectivity index (χ4v) is 4.70. The number of rotatable bonds is 5. The van der Waals surface area contributed by atoms with Crippen molar-refractivity contribution < 1.29 is 19.1 Å². The molecule has 3 aromatic heterocycles. The zero-order valence-corrected chi connectivity index (χ0v) is 21.1. The summed E-state index contributed by atoms with van der Waals surface area (Å²) in [6.07, 6.45) is 3.13. The summed E-state index contributed by atoms with van der Waals surface area (Å²) in [4.78, 5) is 48.8. The fraction of sp³-hybridized carbons (Fsp3) is 0.269. The number of amides is 1. The lowest BCUT2D eigenvalue weighted by atomic mass is 10.1. The van der Waals surface area contributed by atoms with Crippen LogP contribution in [0.25, 0.3) is 16.7 Å². The van der Waals surface area contributed by atoms with E-state index in [0.29, 0.717) is 23.5 Å². The topological polar surface area (TPSA) is 104 Å². The first kappa shape index (κ1) is 24.1. The molecule has 1 amide bonds. The van der Waals surface area contributed by atoms with E-state index in [2.05, 4.69) is 20.9 Å². The molecule has 184 valence electrons. The van der Waals surface area contributed by atoms with Crippen molar-refractivity contribution in [1.82, 2.24) is 14.0 Å². The standard InChI is InChI=1S/C26H23BrN4O5/c1-2-35-26(34)20-14-19-22(28-21-10-3-4-11-30(21)25(19)33)31(15-18-9-6-12-36-18)23(20)29-24(32)16-7-5-8-17(27)13-16/h3-5,7-8,10-11,13-14,18H,2,6,9,12,15H2,1H3/t18-/m1/s1. The van der Waals surface area contributed by atoms with Gasteiger partial charge in [0.15, 0.2) is 5.49 Å². The van der Waals surface area contributed by atoms with Crippen LogP contribution >= 0.6 is 15.9 Å². The van der Waals surface area contributed by atoms with Crippen LogP contribution in [0.2, 0.25) is 0 Å². The molecule has 36 heavy (non-hydrogen) atoms. The van der Waals surface area contributed by atoms with E-state index in [9.17, 15) is 14.4 Å². The third-order valence-electron chi connectivity index (χ3n) is 5.97. The average Bonchev–Trinajstić information content (AvgIpc) is 3.39. The van der Waals surface area contributed by atoms with E-state index in [0.717, 1.165) is 17.3 Å². The SMILES string of the molecule is CCOC(=O)c1cc2c(=O)n3ccccc3nc2n(C[C@H]2CCCO2)c1=NC(=O)c1cccc(Br)c1. The molecule has 10 heteroatoms. The third kappa shape index (κ3) is 4.61. The molecule has 1 aliphatic heterocycles. The monoisotopic (exact) mass is 550 g/mol. The van der Waals surface area contributed by atoms with Crippen LogP contribution in [0.3, 0.4) is 0 Å². The van der Waals surface area contributed by atoms with Crippen molar-refractivity contribution in [2.45, 2.75) is 32.4 Å². The Morgan fingerprint density at radius 3 is 2.83 bits per heavy atom. The fourth-order valence-electron chi connectivity index (χ4n) is 4.30. The number of hydrogen-bond acceptors (Lipinski definition) is 6. The first-order chi connectivity index (χ1) is 17.5. The molecule has 0 radical (unpaired) electrons. The number of halogens is 1. The summed E-state index contributed by atoms with van der Waals surface area (Å²) in [5.74, 6) is -1.22. The molecule has 1 atom stereocenters. The van der Waals surface area contributed by atoms with Crippen molar-refractivity contribution in [3.05, 3.63) is 86.2 Å². The predicted octanol–water partition coefficient (Wildman–Crippen LogP) is 3.51. The van der Waals surface area contributed by atoms with Gasteiger partial charge in [0.2, 0.25) is 0 Å². The van der Waals surface area contributed by atoms with Crippen LogP contribution in [0.15, 0.2) is 69.0 Å². The Morgan fingerprint density at radius 1 is 1.22 bits per heavy atom. The van der Waals surface area contributed by atoms with Crippen molar-refractivity contribution in [2.24, 2.45) is 4.99 Å². The molecule has 1 aromatic carbocycles. The molecule has 1 aliphatic rings. The number of pyridine rings is 2. The van der Waals surface area contributed by atoms with Crippen molar-refractivity contribution in [1.29, 1.82) is 0 Å². The number of esters is 1. The Balaban J connectivity index is 1.86. The highest BCUT2D eigenvalue weighted by Gasteiger charge is 2.24. The minimum absolute atomic E-state index is 0.0143. The highest BCUT2D eigenvalue weighted by molar-refractivity contribution is 9.10. The van der Waals surface area contributed by atoms with Gasteiger partial charge in [0.25, 0.3) is 11.5 Å². The highest BCUT2D eigenvalue weighted by Crippen LogP contribution is 2.18. The van der Waals surface area contributed by atoms with Crippen LogP contribution < -0.4 is 11.0 Å². The van der Waals surface area contributed by atoms with Gasteiger partial charge in [-0.1, -0.05) is 28.1 Å². The lowest BCUT2D eigenvalue weighted by Crippen LogP contribution is -2.35. The van der Waals surface area contributed by atoms with E-state index in [-0.39, 0.29) is 41.3 Å². The van der Waals surface area contributed by atoms with E-state index in [1.165, 1.54) is 10.5 Å². The first-order valence-electron chi connectivity index (χ1n) is 11.6. The van der Waals surface area contributed by atoms with Gasteiger partial charge in [-0.2, -0.15) is 4.99 Å². The smallest absolute Gasteiger partial charge is 0.341 e. The summed E-state index contributed by atoms with van der Waals surface area (Å²) < 4.78 is 14.9. The average molecular weight is 551 g/mol. The van der Waals surface area contributed by atoms with E-state index >= 15 is 0 Å². The molecule has 0 N–H and O–H groups in total. The summed E-state index contributed by atoms with van der Waals surface area (Å²) in [6, 6.07) is 13.5. The molecule has 0 saturated carbocycles. The van der Waals surface area contributed by atoms with Gasteiger partial charge in [0.05, 0.1) is 24.6 Å². The van der Waals surface area contributed by atoms with Gasteiger partial charge in [-0.15, -0.1) is 0 Å². The third-order valence-corrected chi connectivity index (χ3v) is 6.47. The summed E-state index contributed by atoms with van der Waals surface area (Å²) in [7, 11) is 0. The van der Waals surface area contributed by atoms with Gasteiger partial charge < -0.3 is 14.0 Å². The van der Waals surface area contributed by atoms with Crippen molar-refractivity contribution in [2.75, 3.05) is 13.2 Å². The molecule has 1 fully saturated rings. The molecule has 4 aromatic rings. The van der Waals surface area contributed by atoms with Crippen LogP contribution in [0.4, 0.5) is 0 Å². The summed E-state index contributed by atoms with van der Waals surface area (Å²) in [5, 5.41) is 0.216. The molecule has 9 nitrogen and oxygen atoms in total. The minimum atomic E-state index is -0.682. The Labute approximate surface area is 214 Å². The van der Waals surface area contributed by atoms with Gasteiger partial charge in [-0.05, 0) is 56.2 Å². The number of nitrogens with zero attached hydrogens (tertiary/aromatic N) is 4. The zero-order chi connectivity index (χ0) is 25.2. The molecule has 0 aliphatic carbocycles. The van der Waals surface area contributed by atoms with Gasteiger partial charge in [0, 0.05) is 22.8 Å². The number of benzene rings is 1. The van der Waals surface area contributed by atoms with Gasteiger partial charge in [-0.3, -0.25) is 14.0 Å². The number of ether oxygens (including phenoxy) is 2. The lowest BCUT2D eigenvalue weighted by Gasteiger charge is -2.18. The number of fused-ring (bicyclic) bond motifs is 2. The van der Waals surface area contributed by atoms with Crippen LogP contribution in [-0.4, -0.2) is 45.1 Å². The summed E-state index contributed by atoms with van der Waals surface area (Å²) in [5.41, 5.74) is 0.843. The van der Waals surface area contributed by atoms with E-state index in [1.807, 2.05) is 0 Å². The molecule has 5 rings (SSSR count). The van der Waals surface area contributed by atoms with Crippen LogP contribution in [0.1, 0.15) is 40.5 Å². The molecular weight excluding hydrogens is 528 g/mol. The van der Waals surface area contributed by atoms with Crippen molar-refractivity contribution in [3.8, 4) is 0 Å². The largest absolute Gasteiger partial charge is 0.462 e. The maximum absolute atomic E-state index is 13.4. The molecule has 0 spiro atoms. The van der Waals surface area contributed by atoms with Crippen LogP contribution in [0.5, 0.6) is 0 Å². The van der Waals surface area contributed by atoms with Gasteiger partial charge in [0.1, 0.15) is 16.9 Å². The highest BCUT2D eigenvalue weighted by atomic mass is 79.9. The Kier molecular flexibility index (Phi) is 6.80. The number of hydrogen-bond donors (Lipinski definition) is 0. The van der Waals surface area contributed by atoms with E-state index in [1.54, 1.807) is 60.2 Å². The maximum Gasteiger partial charge on any atom is 0.341 e. The first-order valence-corrected chi connectivity index (χ1v) is 12.4. The van der Waals surface area contributed by atoms with Gasteiger partial charge >= 0.3 is 5.97 Å². The molecule has 0 unspecified atom stereocenters. The summed E-state index contributed by atoms with van der Waals surface area (Å²) >= 11 is 3.37.